The summed E-state index contributed by atoms with van der Waals surface area (Å²) in [6.07, 6.45) is -0.0358. The Bertz CT molecular complexity index is 1150. The van der Waals surface area contributed by atoms with E-state index >= 15 is 0 Å². The lowest BCUT2D eigenvalue weighted by Gasteiger charge is -2.32. The predicted octanol–water partition coefficient (Wildman–Crippen LogP) is 4.30. The fourth-order valence-electron chi connectivity index (χ4n) is 3.91. The highest BCUT2D eigenvalue weighted by molar-refractivity contribution is 7.13. The largest absolute Gasteiger partial charge is 0.459 e. The number of carbonyl (C=O) groups is 2. The number of ether oxygens (including phenoxy) is 1. The number of piperazine rings is 1. The quantitative estimate of drug-likeness (QED) is 0.473. The van der Waals surface area contributed by atoms with Crippen LogP contribution in [0.3, 0.4) is 0 Å². The van der Waals surface area contributed by atoms with Gasteiger partial charge in [-0.2, -0.15) is 0 Å². The Labute approximate surface area is 210 Å². The van der Waals surface area contributed by atoms with Gasteiger partial charge in [-0.05, 0) is 44.7 Å². The van der Waals surface area contributed by atoms with Gasteiger partial charge >= 0.3 is 5.97 Å². The number of aromatic nitrogens is 1. The SMILES string of the molecule is CC(C)OC(=O)c1cccc(NC(=O)Cc2csc(-c3ccc(CN4CCN(C)CC4)cc3)n2)c1. The average molecular weight is 493 g/mol. The van der Waals surface area contributed by atoms with Crippen LogP contribution in [0.2, 0.25) is 0 Å². The molecule has 1 aliphatic rings. The normalized spacial score (nSPS) is 14.7. The first-order valence-corrected chi connectivity index (χ1v) is 12.8. The van der Waals surface area contributed by atoms with Gasteiger partial charge in [-0.3, -0.25) is 9.69 Å². The molecule has 3 aromatic rings. The van der Waals surface area contributed by atoms with Crippen LogP contribution in [0.5, 0.6) is 0 Å². The minimum Gasteiger partial charge on any atom is -0.459 e. The molecule has 2 heterocycles. The van der Waals surface area contributed by atoms with Crippen LogP contribution in [0.1, 0.15) is 35.5 Å². The Hall–Kier alpha value is -3.07. The van der Waals surface area contributed by atoms with Crippen molar-refractivity contribution in [1.82, 2.24) is 14.8 Å². The van der Waals surface area contributed by atoms with Crippen molar-refractivity contribution in [2.24, 2.45) is 0 Å². The first kappa shape index (κ1) is 25.0. The topological polar surface area (TPSA) is 74.8 Å². The number of anilines is 1. The Morgan fingerprint density at radius 2 is 1.83 bits per heavy atom. The highest BCUT2D eigenvalue weighted by Crippen LogP contribution is 2.25. The first-order valence-electron chi connectivity index (χ1n) is 11.9. The number of hydrogen-bond donors (Lipinski definition) is 1. The summed E-state index contributed by atoms with van der Waals surface area (Å²) in [6, 6.07) is 15.3. The maximum atomic E-state index is 12.6. The molecule has 1 aromatic heterocycles. The van der Waals surface area contributed by atoms with Crippen molar-refractivity contribution in [3.63, 3.8) is 0 Å². The van der Waals surface area contributed by atoms with Crippen molar-refractivity contribution < 1.29 is 14.3 Å². The van der Waals surface area contributed by atoms with E-state index in [1.54, 1.807) is 38.1 Å². The van der Waals surface area contributed by atoms with Gasteiger partial charge in [0.2, 0.25) is 5.91 Å². The lowest BCUT2D eigenvalue weighted by molar-refractivity contribution is -0.115. The minimum atomic E-state index is -0.408. The molecular weight excluding hydrogens is 460 g/mol. The van der Waals surface area contributed by atoms with E-state index in [9.17, 15) is 9.59 Å². The number of thiazole rings is 1. The molecule has 8 heteroatoms. The molecule has 1 N–H and O–H groups in total. The van der Waals surface area contributed by atoms with Gasteiger partial charge in [-0.1, -0.05) is 30.3 Å². The van der Waals surface area contributed by atoms with Crippen LogP contribution in [0.4, 0.5) is 5.69 Å². The zero-order chi connectivity index (χ0) is 24.8. The molecule has 0 bridgehead atoms. The number of likely N-dealkylation sites (N-methyl/N-ethyl adjacent to an activating group) is 1. The van der Waals surface area contributed by atoms with Crippen molar-refractivity contribution in [3.8, 4) is 10.6 Å². The third-order valence-electron chi connectivity index (χ3n) is 5.82. The number of carbonyl (C=O) groups excluding carboxylic acids is 2. The second-order valence-corrected chi connectivity index (χ2v) is 10.0. The summed E-state index contributed by atoms with van der Waals surface area (Å²) in [5.41, 5.74) is 4.04. The van der Waals surface area contributed by atoms with E-state index in [1.165, 1.54) is 16.9 Å². The minimum absolute atomic E-state index is 0.165. The van der Waals surface area contributed by atoms with Gasteiger partial charge < -0.3 is 15.0 Å². The summed E-state index contributed by atoms with van der Waals surface area (Å²) < 4.78 is 5.22. The summed E-state index contributed by atoms with van der Waals surface area (Å²) in [4.78, 5) is 34.2. The predicted molar refractivity (Wildman–Crippen MR) is 140 cm³/mol. The van der Waals surface area contributed by atoms with Gasteiger partial charge in [0, 0.05) is 49.4 Å². The van der Waals surface area contributed by atoms with E-state index in [1.807, 2.05) is 5.38 Å². The molecule has 4 rings (SSSR count). The van der Waals surface area contributed by atoms with E-state index in [2.05, 4.69) is 51.4 Å². The molecule has 1 fully saturated rings. The second kappa shape index (κ2) is 11.6. The molecule has 35 heavy (non-hydrogen) atoms. The third kappa shape index (κ3) is 7.21. The molecular formula is C27H32N4O3S. The maximum absolute atomic E-state index is 12.6. The highest BCUT2D eigenvalue weighted by Gasteiger charge is 2.15. The number of hydrogen-bond acceptors (Lipinski definition) is 7. The van der Waals surface area contributed by atoms with Gasteiger partial charge in [0.05, 0.1) is 23.8 Å². The number of amides is 1. The van der Waals surface area contributed by atoms with E-state index in [-0.39, 0.29) is 18.4 Å². The van der Waals surface area contributed by atoms with Crippen LogP contribution >= 0.6 is 11.3 Å². The van der Waals surface area contributed by atoms with Crippen LogP contribution in [-0.2, 0) is 22.5 Å². The Kier molecular flexibility index (Phi) is 8.28. The zero-order valence-electron chi connectivity index (χ0n) is 20.5. The van der Waals surface area contributed by atoms with Crippen LogP contribution in [-0.4, -0.2) is 66.0 Å². The second-order valence-electron chi connectivity index (χ2n) is 9.18. The first-order chi connectivity index (χ1) is 16.9. The standard InChI is InChI=1S/C27H32N4O3S/c1-19(2)34-27(33)22-5-4-6-23(15-22)28-25(32)16-24-18-35-26(29-24)21-9-7-20(8-10-21)17-31-13-11-30(3)12-14-31/h4-10,15,18-19H,11-14,16-17H2,1-3H3,(H,28,32). The lowest BCUT2D eigenvalue weighted by Crippen LogP contribution is -2.43. The molecule has 0 unspecified atom stereocenters. The van der Waals surface area contributed by atoms with E-state index in [0.29, 0.717) is 11.3 Å². The number of rotatable bonds is 8. The molecule has 0 saturated carbocycles. The van der Waals surface area contributed by atoms with Crippen LogP contribution in [0.15, 0.2) is 53.9 Å². The molecule has 1 aliphatic heterocycles. The lowest BCUT2D eigenvalue weighted by atomic mass is 10.1. The van der Waals surface area contributed by atoms with E-state index in [0.717, 1.165) is 49.0 Å². The van der Waals surface area contributed by atoms with Crippen LogP contribution in [0, 0.1) is 0 Å². The number of benzene rings is 2. The summed E-state index contributed by atoms with van der Waals surface area (Å²) in [5.74, 6) is -0.589. The van der Waals surface area contributed by atoms with Gasteiger partial charge in [-0.15, -0.1) is 11.3 Å². The van der Waals surface area contributed by atoms with Gasteiger partial charge in [0.15, 0.2) is 0 Å². The number of esters is 1. The van der Waals surface area contributed by atoms with Crippen molar-refractivity contribution in [1.29, 1.82) is 0 Å². The molecule has 0 spiro atoms. The van der Waals surface area contributed by atoms with Crippen molar-refractivity contribution in [2.45, 2.75) is 32.9 Å². The van der Waals surface area contributed by atoms with Gasteiger partial charge in [-0.25, -0.2) is 9.78 Å². The molecule has 0 atom stereocenters. The van der Waals surface area contributed by atoms with Crippen molar-refractivity contribution >= 4 is 28.9 Å². The molecule has 7 nitrogen and oxygen atoms in total. The van der Waals surface area contributed by atoms with Gasteiger partial charge in [0.1, 0.15) is 5.01 Å². The Balaban J connectivity index is 1.32. The van der Waals surface area contributed by atoms with E-state index < -0.39 is 5.97 Å². The summed E-state index contributed by atoms with van der Waals surface area (Å²) in [6.45, 7) is 9.00. The zero-order valence-corrected chi connectivity index (χ0v) is 21.3. The van der Waals surface area contributed by atoms with Crippen LogP contribution in [0.25, 0.3) is 10.6 Å². The Morgan fingerprint density at radius 1 is 1.09 bits per heavy atom. The molecule has 2 aromatic carbocycles. The van der Waals surface area contributed by atoms with Crippen molar-refractivity contribution in [3.05, 3.63) is 70.7 Å². The molecule has 1 saturated heterocycles. The summed E-state index contributed by atoms with van der Waals surface area (Å²) in [5, 5.41) is 5.67. The Morgan fingerprint density at radius 3 is 2.54 bits per heavy atom. The molecule has 1 amide bonds. The smallest absolute Gasteiger partial charge is 0.338 e. The average Bonchev–Trinajstić information content (AvgIpc) is 3.29. The molecule has 0 aliphatic carbocycles. The summed E-state index contributed by atoms with van der Waals surface area (Å²) >= 11 is 1.54. The van der Waals surface area contributed by atoms with Gasteiger partial charge in [0.25, 0.3) is 0 Å². The molecule has 184 valence electrons. The number of nitrogens with one attached hydrogen (secondary N) is 1. The fraction of sp³-hybridized carbons (Fsp3) is 0.370. The summed E-state index contributed by atoms with van der Waals surface area (Å²) in [7, 11) is 2.17. The van der Waals surface area contributed by atoms with E-state index in [4.69, 9.17) is 4.74 Å². The fourth-order valence-corrected chi connectivity index (χ4v) is 4.74. The van der Waals surface area contributed by atoms with Crippen LogP contribution < -0.4 is 5.32 Å². The number of nitrogens with zero attached hydrogens (tertiary/aromatic N) is 3. The highest BCUT2D eigenvalue weighted by atomic mass is 32.1. The molecule has 0 radical (unpaired) electrons. The third-order valence-corrected chi connectivity index (χ3v) is 6.76. The van der Waals surface area contributed by atoms with Crippen molar-refractivity contribution in [2.75, 3.05) is 38.5 Å². The monoisotopic (exact) mass is 492 g/mol. The maximum Gasteiger partial charge on any atom is 0.338 e.